The number of hydrogen-bond donors (Lipinski definition) is 0. The summed E-state index contributed by atoms with van der Waals surface area (Å²) < 4.78 is 39.7. The summed E-state index contributed by atoms with van der Waals surface area (Å²) in [5, 5.41) is 0. The van der Waals surface area contributed by atoms with Gasteiger partial charge < -0.3 is 14.2 Å². The van der Waals surface area contributed by atoms with Crippen LogP contribution >= 0.6 is 0 Å². The number of hydrogen-bond acceptors (Lipinski definition) is 6. The maximum atomic E-state index is 12.1. The summed E-state index contributed by atoms with van der Waals surface area (Å²) in [5.41, 5.74) is 0. The number of carbonyl (C=O) groups excluding carboxylic acids is 1. The molecule has 0 aliphatic heterocycles. The predicted octanol–water partition coefficient (Wildman–Crippen LogP) is -0.136. The lowest BCUT2D eigenvalue weighted by molar-refractivity contribution is -0.140. The van der Waals surface area contributed by atoms with Gasteiger partial charge in [-0.15, -0.1) is 0 Å². The molecule has 7 nitrogen and oxygen atoms in total. The number of nitrogens with zero attached hydrogens (tertiary/aromatic N) is 1. The Kier molecular flexibility index (Phi) is 9.76. The van der Waals surface area contributed by atoms with Crippen LogP contribution in [0.2, 0.25) is 0 Å². The lowest BCUT2D eigenvalue weighted by Gasteiger charge is -2.21. The van der Waals surface area contributed by atoms with Crippen LogP contribution < -0.4 is 0 Å². The van der Waals surface area contributed by atoms with Crippen molar-refractivity contribution in [2.45, 2.75) is 12.8 Å². The van der Waals surface area contributed by atoms with E-state index >= 15 is 0 Å². The molecule has 0 aromatic rings. The molecule has 0 aromatic heterocycles. The van der Waals surface area contributed by atoms with Gasteiger partial charge in [0.1, 0.15) is 0 Å². The summed E-state index contributed by atoms with van der Waals surface area (Å²) in [6, 6.07) is 0. The number of rotatable bonds is 11. The highest BCUT2D eigenvalue weighted by molar-refractivity contribution is 7.89. The van der Waals surface area contributed by atoms with E-state index in [1.54, 1.807) is 0 Å². The third-order valence-corrected chi connectivity index (χ3v) is 4.45. The molecule has 8 heteroatoms. The maximum Gasteiger partial charge on any atom is 0.305 e. The molecule has 0 radical (unpaired) electrons. The molecule has 114 valence electrons. The molecule has 0 aromatic carbocycles. The molecule has 0 N–H and O–H groups in total. The highest BCUT2D eigenvalue weighted by Crippen LogP contribution is 2.05. The molecule has 0 spiro atoms. The number of carbonyl (C=O) groups is 1. The summed E-state index contributed by atoms with van der Waals surface area (Å²) in [4.78, 5) is 10.9. The second-order valence-electron chi connectivity index (χ2n) is 3.88. The molecular formula is C11H23NO6S. The van der Waals surface area contributed by atoms with E-state index in [-0.39, 0.29) is 31.7 Å². The molecule has 0 unspecified atom stereocenters. The largest absolute Gasteiger partial charge is 0.469 e. The summed E-state index contributed by atoms with van der Waals surface area (Å²) in [6.07, 6.45) is 0.337. The third kappa shape index (κ3) is 8.14. The maximum absolute atomic E-state index is 12.1. The van der Waals surface area contributed by atoms with Crippen molar-refractivity contribution in [2.75, 3.05) is 53.4 Å². The smallest absolute Gasteiger partial charge is 0.305 e. The molecule has 0 aliphatic carbocycles. The van der Waals surface area contributed by atoms with Gasteiger partial charge in [0.05, 0.1) is 26.1 Å². The normalized spacial score (nSPS) is 11.8. The van der Waals surface area contributed by atoms with Crippen LogP contribution in [0.1, 0.15) is 12.8 Å². The molecule has 0 amide bonds. The van der Waals surface area contributed by atoms with Gasteiger partial charge in [-0.25, -0.2) is 8.42 Å². The minimum atomic E-state index is -3.41. The highest BCUT2D eigenvalue weighted by atomic mass is 32.2. The number of ether oxygens (including phenoxy) is 3. The van der Waals surface area contributed by atoms with Crippen LogP contribution in [-0.2, 0) is 29.0 Å². The van der Waals surface area contributed by atoms with Crippen LogP contribution in [-0.4, -0.2) is 72.1 Å². The summed E-state index contributed by atoms with van der Waals surface area (Å²) >= 11 is 0. The van der Waals surface area contributed by atoms with Gasteiger partial charge in [0.25, 0.3) is 0 Å². The Morgan fingerprint density at radius 3 is 2.00 bits per heavy atom. The van der Waals surface area contributed by atoms with Crippen LogP contribution in [0, 0.1) is 0 Å². The Labute approximate surface area is 114 Å². The van der Waals surface area contributed by atoms with Gasteiger partial charge in [-0.1, -0.05) is 0 Å². The lowest BCUT2D eigenvalue weighted by Crippen LogP contribution is -2.38. The van der Waals surface area contributed by atoms with Gasteiger partial charge >= 0.3 is 5.97 Å². The van der Waals surface area contributed by atoms with Crippen molar-refractivity contribution >= 4 is 16.0 Å². The molecule has 19 heavy (non-hydrogen) atoms. The van der Waals surface area contributed by atoms with E-state index in [9.17, 15) is 13.2 Å². The molecule has 0 heterocycles. The summed E-state index contributed by atoms with van der Waals surface area (Å²) in [7, 11) is 0.897. The lowest BCUT2D eigenvalue weighted by atomic mass is 10.3. The summed E-state index contributed by atoms with van der Waals surface area (Å²) in [5.74, 6) is -0.495. The van der Waals surface area contributed by atoms with Crippen molar-refractivity contribution in [3.05, 3.63) is 0 Å². The average Bonchev–Trinajstić information content (AvgIpc) is 2.38. The van der Waals surface area contributed by atoms with Gasteiger partial charge in [0.15, 0.2) is 0 Å². The zero-order valence-corrected chi connectivity index (χ0v) is 12.6. The Balaban J connectivity index is 4.37. The van der Waals surface area contributed by atoms with Crippen LogP contribution in [0.15, 0.2) is 0 Å². The molecule has 0 saturated carbocycles. The summed E-state index contributed by atoms with van der Waals surface area (Å²) in [6.45, 7) is 1.20. The van der Waals surface area contributed by atoms with E-state index in [0.717, 1.165) is 0 Å². The van der Waals surface area contributed by atoms with Gasteiger partial charge in [0.2, 0.25) is 10.0 Å². The standard InChI is InChI=1S/C11H23NO6S/c1-16-8-6-12(7-9-17-2)19(14,15)10-4-5-11(13)18-3/h4-10H2,1-3H3. The second-order valence-corrected chi connectivity index (χ2v) is 5.97. The van der Waals surface area contributed by atoms with E-state index in [4.69, 9.17) is 9.47 Å². The first-order chi connectivity index (χ1) is 8.97. The fourth-order valence-electron chi connectivity index (χ4n) is 1.41. The second kappa shape index (κ2) is 10.1. The van der Waals surface area contributed by atoms with E-state index in [2.05, 4.69) is 4.74 Å². The van der Waals surface area contributed by atoms with Crippen molar-refractivity contribution in [1.82, 2.24) is 4.31 Å². The monoisotopic (exact) mass is 297 g/mol. The molecule has 0 aliphatic rings. The first-order valence-corrected chi connectivity index (χ1v) is 7.61. The van der Waals surface area contributed by atoms with Gasteiger partial charge in [-0.3, -0.25) is 4.79 Å². The van der Waals surface area contributed by atoms with Crippen LogP contribution in [0.4, 0.5) is 0 Å². The molecule has 0 atom stereocenters. The van der Waals surface area contributed by atoms with Crippen LogP contribution in [0.25, 0.3) is 0 Å². The Hall–Kier alpha value is -0.700. The first kappa shape index (κ1) is 18.3. The van der Waals surface area contributed by atoms with Crippen molar-refractivity contribution in [3.63, 3.8) is 0 Å². The number of esters is 1. The molecule has 0 fully saturated rings. The van der Waals surface area contributed by atoms with Gasteiger partial charge in [0, 0.05) is 33.7 Å². The van der Waals surface area contributed by atoms with E-state index in [1.807, 2.05) is 0 Å². The zero-order valence-electron chi connectivity index (χ0n) is 11.8. The van der Waals surface area contributed by atoms with Crippen molar-refractivity contribution < 1.29 is 27.4 Å². The van der Waals surface area contributed by atoms with Gasteiger partial charge in [-0.05, 0) is 6.42 Å². The SMILES string of the molecule is COCCN(CCOC)S(=O)(=O)CCCC(=O)OC. The first-order valence-electron chi connectivity index (χ1n) is 6.00. The highest BCUT2D eigenvalue weighted by Gasteiger charge is 2.21. The number of methoxy groups -OCH3 is 3. The molecule has 0 saturated heterocycles. The van der Waals surface area contributed by atoms with E-state index in [1.165, 1.54) is 25.6 Å². The minimum Gasteiger partial charge on any atom is -0.469 e. The van der Waals surface area contributed by atoms with Gasteiger partial charge in [-0.2, -0.15) is 4.31 Å². The van der Waals surface area contributed by atoms with Crippen molar-refractivity contribution in [1.29, 1.82) is 0 Å². The fraction of sp³-hybridized carbons (Fsp3) is 0.909. The van der Waals surface area contributed by atoms with E-state index < -0.39 is 16.0 Å². The third-order valence-electron chi connectivity index (χ3n) is 2.49. The average molecular weight is 297 g/mol. The van der Waals surface area contributed by atoms with Crippen LogP contribution in [0.3, 0.4) is 0 Å². The topological polar surface area (TPSA) is 82.1 Å². The van der Waals surface area contributed by atoms with E-state index in [0.29, 0.717) is 13.2 Å². The Morgan fingerprint density at radius 1 is 1.05 bits per heavy atom. The minimum absolute atomic E-state index is 0.0878. The predicted molar refractivity (Wildman–Crippen MR) is 70.4 cm³/mol. The Morgan fingerprint density at radius 2 is 1.58 bits per heavy atom. The molecule has 0 bridgehead atoms. The van der Waals surface area contributed by atoms with Crippen molar-refractivity contribution in [2.24, 2.45) is 0 Å². The van der Waals surface area contributed by atoms with Crippen molar-refractivity contribution in [3.8, 4) is 0 Å². The quantitative estimate of drug-likeness (QED) is 0.494. The zero-order chi connectivity index (χ0) is 14.7. The number of sulfonamides is 1. The molecular weight excluding hydrogens is 274 g/mol. The Bertz CT molecular complexity index is 335. The van der Waals surface area contributed by atoms with Crippen LogP contribution in [0.5, 0.6) is 0 Å². The molecule has 0 rings (SSSR count). The fourth-order valence-corrected chi connectivity index (χ4v) is 2.88.